The van der Waals surface area contributed by atoms with Crippen LogP contribution in [0.2, 0.25) is 0 Å². The van der Waals surface area contributed by atoms with Crippen molar-refractivity contribution in [2.45, 2.75) is 43.6 Å². The molecule has 0 saturated carbocycles. The number of fused-ring (bicyclic) bond motifs is 3. The lowest BCUT2D eigenvalue weighted by Gasteiger charge is -2.23. The van der Waals surface area contributed by atoms with Gasteiger partial charge in [-0.15, -0.1) is 0 Å². The fourth-order valence-electron chi connectivity index (χ4n) is 4.41. The second-order valence-electron chi connectivity index (χ2n) is 8.22. The monoisotopic (exact) mass is 454 g/mol. The predicted molar refractivity (Wildman–Crippen MR) is 118 cm³/mol. The van der Waals surface area contributed by atoms with Crippen LogP contribution in [0, 0.1) is 0 Å². The highest BCUT2D eigenvalue weighted by atomic mass is 16.6. The minimum Gasteiger partial charge on any atom is -0.480 e. The third kappa shape index (κ3) is 4.69. The summed E-state index contributed by atoms with van der Waals surface area (Å²) in [5, 5.41) is 23.6. The molecule has 9 nitrogen and oxygen atoms in total. The Balaban J connectivity index is 1.37. The van der Waals surface area contributed by atoms with Crippen molar-refractivity contribution in [3.05, 3.63) is 59.7 Å². The van der Waals surface area contributed by atoms with Crippen molar-refractivity contribution in [2.75, 3.05) is 13.2 Å². The number of aliphatic hydroxyl groups excluding tert-OH is 1. The van der Waals surface area contributed by atoms with Gasteiger partial charge in [0, 0.05) is 12.5 Å². The molecule has 2 amide bonds. The Morgan fingerprint density at radius 3 is 2.27 bits per heavy atom. The number of benzene rings is 2. The normalized spacial score (nSPS) is 20.9. The number of alkyl carbamates (subject to hydrolysis) is 1. The van der Waals surface area contributed by atoms with Gasteiger partial charge in [-0.1, -0.05) is 48.5 Å². The first-order chi connectivity index (χ1) is 15.9. The number of ether oxygens (including phenoxy) is 2. The van der Waals surface area contributed by atoms with Crippen molar-refractivity contribution >= 4 is 18.0 Å². The summed E-state index contributed by atoms with van der Waals surface area (Å²) in [7, 11) is 0. The summed E-state index contributed by atoms with van der Waals surface area (Å²) in [5.41, 5.74) is 4.42. The molecule has 0 aromatic heterocycles. The molecule has 1 saturated heterocycles. The fraction of sp³-hybridized carbons (Fsp3) is 0.375. The van der Waals surface area contributed by atoms with Gasteiger partial charge in [-0.05, 0) is 35.6 Å². The van der Waals surface area contributed by atoms with Crippen molar-refractivity contribution < 1.29 is 34.1 Å². The van der Waals surface area contributed by atoms with Gasteiger partial charge in [0.2, 0.25) is 0 Å². The van der Waals surface area contributed by atoms with Crippen molar-refractivity contribution in [2.24, 2.45) is 0 Å². The van der Waals surface area contributed by atoms with Crippen LogP contribution in [0.5, 0.6) is 0 Å². The topological polar surface area (TPSA) is 134 Å². The van der Waals surface area contributed by atoms with Crippen LogP contribution in [0.1, 0.15) is 30.4 Å². The van der Waals surface area contributed by atoms with Gasteiger partial charge in [-0.2, -0.15) is 0 Å². The summed E-state index contributed by atoms with van der Waals surface area (Å²) in [6, 6.07) is 13.8. The van der Waals surface area contributed by atoms with E-state index in [1.165, 1.54) is 6.92 Å². The van der Waals surface area contributed by atoms with Crippen LogP contribution in [-0.4, -0.2) is 65.7 Å². The maximum Gasteiger partial charge on any atom is 0.407 e. The molecule has 0 spiro atoms. The Hall–Kier alpha value is -3.43. The molecular formula is C24H26N2O7. The van der Waals surface area contributed by atoms with Crippen LogP contribution in [0.15, 0.2) is 48.5 Å². The maximum atomic E-state index is 12.5. The summed E-state index contributed by atoms with van der Waals surface area (Å²) in [6.45, 7) is 1.62. The van der Waals surface area contributed by atoms with E-state index in [9.17, 15) is 19.5 Å². The van der Waals surface area contributed by atoms with E-state index >= 15 is 0 Å². The van der Waals surface area contributed by atoms with E-state index in [-0.39, 0.29) is 19.1 Å². The van der Waals surface area contributed by atoms with Crippen LogP contribution < -0.4 is 10.6 Å². The zero-order valence-electron chi connectivity index (χ0n) is 18.1. The van der Waals surface area contributed by atoms with Gasteiger partial charge in [0.05, 0.1) is 12.1 Å². The number of hydrogen-bond acceptors (Lipinski definition) is 6. The number of carbonyl (C=O) groups is 3. The average molecular weight is 454 g/mol. The van der Waals surface area contributed by atoms with Gasteiger partial charge in [-0.25, -0.2) is 9.59 Å². The molecule has 4 N–H and O–H groups in total. The molecule has 4 atom stereocenters. The quantitative estimate of drug-likeness (QED) is 0.500. The highest BCUT2D eigenvalue weighted by Gasteiger charge is 2.38. The number of carbonyl (C=O) groups excluding carboxylic acids is 2. The minimum absolute atomic E-state index is 0.0931. The van der Waals surface area contributed by atoms with Crippen LogP contribution in [-0.2, 0) is 19.1 Å². The Labute approximate surface area is 190 Å². The molecule has 0 bridgehead atoms. The van der Waals surface area contributed by atoms with E-state index in [2.05, 4.69) is 10.6 Å². The summed E-state index contributed by atoms with van der Waals surface area (Å²) >= 11 is 0. The first-order valence-electron chi connectivity index (χ1n) is 10.8. The van der Waals surface area contributed by atoms with E-state index in [1.54, 1.807) is 0 Å². The third-order valence-electron chi connectivity index (χ3n) is 6.04. The Morgan fingerprint density at radius 1 is 1.09 bits per heavy atom. The van der Waals surface area contributed by atoms with Crippen LogP contribution in [0.4, 0.5) is 4.79 Å². The average Bonchev–Trinajstić information content (AvgIpc) is 3.38. The summed E-state index contributed by atoms with van der Waals surface area (Å²) in [4.78, 5) is 36.3. The highest BCUT2D eigenvalue weighted by Crippen LogP contribution is 2.44. The summed E-state index contributed by atoms with van der Waals surface area (Å²) < 4.78 is 10.9. The lowest BCUT2D eigenvalue weighted by atomic mass is 9.98. The molecule has 174 valence electrons. The minimum atomic E-state index is -1.48. The van der Waals surface area contributed by atoms with Crippen molar-refractivity contribution in [3.8, 4) is 11.1 Å². The molecule has 2 aromatic rings. The molecule has 1 heterocycles. The Kier molecular flexibility index (Phi) is 6.62. The van der Waals surface area contributed by atoms with Crippen molar-refractivity contribution in [1.82, 2.24) is 10.6 Å². The predicted octanol–water partition coefficient (Wildman–Crippen LogP) is 1.63. The lowest BCUT2D eigenvalue weighted by Crippen LogP contribution is -2.54. The molecule has 9 heteroatoms. The second kappa shape index (κ2) is 9.60. The first kappa shape index (κ1) is 22.8. The summed E-state index contributed by atoms with van der Waals surface area (Å²) in [6.07, 6.45) is -2.68. The number of carboxylic acids is 1. The molecule has 2 aliphatic rings. The van der Waals surface area contributed by atoms with Gasteiger partial charge in [0.15, 0.2) is 12.1 Å². The molecule has 1 aliphatic carbocycles. The third-order valence-corrected chi connectivity index (χ3v) is 6.04. The molecule has 2 aromatic carbocycles. The number of hydrogen-bond donors (Lipinski definition) is 4. The van der Waals surface area contributed by atoms with E-state index in [1.807, 2.05) is 48.5 Å². The highest BCUT2D eigenvalue weighted by molar-refractivity contribution is 5.88. The zero-order chi connectivity index (χ0) is 23.5. The molecule has 1 fully saturated rings. The van der Waals surface area contributed by atoms with Crippen LogP contribution in [0.3, 0.4) is 0 Å². The summed E-state index contributed by atoms with van der Waals surface area (Å²) in [5.74, 6) is -2.17. The van der Waals surface area contributed by atoms with Gasteiger partial charge < -0.3 is 30.3 Å². The Morgan fingerprint density at radius 2 is 1.70 bits per heavy atom. The fourth-order valence-corrected chi connectivity index (χ4v) is 4.41. The maximum absolute atomic E-state index is 12.5. The largest absolute Gasteiger partial charge is 0.480 e. The smallest absolute Gasteiger partial charge is 0.407 e. The molecule has 1 aliphatic heterocycles. The zero-order valence-corrected chi connectivity index (χ0v) is 18.1. The number of aliphatic carboxylic acids is 1. The molecule has 33 heavy (non-hydrogen) atoms. The Bertz CT molecular complexity index is 1010. The van der Waals surface area contributed by atoms with Crippen molar-refractivity contribution in [1.29, 1.82) is 0 Å². The molecular weight excluding hydrogens is 428 g/mol. The van der Waals surface area contributed by atoms with E-state index in [0.717, 1.165) is 22.3 Å². The van der Waals surface area contributed by atoms with Gasteiger partial charge >= 0.3 is 12.1 Å². The number of carboxylic acid groups (broad SMARTS) is 1. The van der Waals surface area contributed by atoms with E-state index < -0.39 is 42.3 Å². The van der Waals surface area contributed by atoms with E-state index in [0.29, 0.717) is 6.42 Å². The number of aliphatic hydroxyl groups is 1. The number of nitrogens with one attached hydrogen (secondary N) is 2. The number of amides is 2. The van der Waals surface area contributed by atoms with E-state index in [4.69, 9.17) is 14.6 Å². The number of rotatable bonds is 7. The molecule has 0 radical (unpaired) electrons. The molecule has 4 rings (SSSR count). The first-order valence-corrected chi connectivity index (χ1v) is 10.8. The lowest BCUT2D eigenvalue weighted by molar-refractivity contribution is -0.146. The standard InChI is InChI=1S/C24H26N2O7/c1-13(27)20(23(29)30)26-22(28)21-19(10-11-32-21)25-24(31)33-12-18-16-8-4-2-6-14(16)15-7-3-5-9-17(15)18/h2-9,13,18-21,27H,10-12H2,1H3,(H,25,31)(H,26,28)(H,29,30)/t13?,19-,20?,21+/m0/s1. The van der Waals surface area contributed by atoms with Crippen LogP contribution >= 0.6 is 0 Å². The van der Waals surface area contributed by atoms with Crippen molar-refractivity contribution in [3.63, 3.8) is 0 Å². The van der Waals surface area contributed by atoms with Crippen LogP contribution in [0.25, 0.3) is 11.1 Å². The van der Waals surface area contributed by atoms with Gasteiger partial charge in [-0.3, -0.25) is 4.79 Å². The van der Waals surface area contributed by atoms with Gasteiger partial charge in [0.25, 0.3) is 5.91 Å². The van der Waals surface area contributed by atoms with Gasteiger partial charge in [0.1, 0.15) is 6.61 Å². The molecule has 2 unspecified atom stereocenters. The SMILES string of the molecule is CC(O)C(NC(=O)[C@@H]1OCC[C@@H]1NC(=O)OCC1c2ccccc2-c2ccccc21)C(=O)O. The second-order valence-corrected chi connectivity index (χ2v) is 8.22.